The van der Waals surface area contributed by atoms with Crippen molar-refractivity contribution in [2.45, 2.75) is 40.2 Å². The molecule has 0 atom stereocenters. The molecule has 1 N–H and O–H groups in total. The normalized spacial score (nSPS) is 10.6. The van der Waals surface area contributed by atoms with Gasteiger partial charge in [-0.3, -0.25) is 14.2 Å². The fourth-order valence-electron chi connectivity index (χ4n) is 2.81. The van der Waals surface area contributed by atoms with Crippen LogP contribution in [-0.4, -0.2) is 22.1 Å². The maximum atomic E-state index is 13.1. The van der Waals surface area contributed by atoms with E-state index in [1.54, 1.807) is 13.0 Å². The summed E-state index contributed by atoms with van der Waals surface area (Å²) < 4.78 is 6.55. The van der Waals surface area contributed by atoms with E-state index in [0.29, 0.717) is 6.61 Å². The van der Waals surface area contributed by atoms with Crippen molar-refractivity contribution in [1.29, 1.82) is 5.26 Å². The van der Waals surface area contributed by atoms with E-state index >= 15 is 0 Å². The zero-order chi connectivity index (χ0) is 21.0. The summed E-state index contributed by atoms with van der Waals surface area (Å²) in [5.41, 5.74) is -0.756. The molecule has 0 unspecified atom stereocenters. The summed E-state index contributed by atoms with van der Waals surface area (Å²) in [5.74, 6) is -0.812. The monoisotopic (exact) mass is 422 g/mol. The SMILES string of the molecule is CCCCOc1c(Cl)cc(C(=O)c2c(C)c(C#N)c(=O)n(CC)c2O)cc1Cl. The summed E-state index contributed by atoms with van der Waals surface area (Å²) in [6, 6.07) is 4.59. The van der Waals surface area contributed by atoms with Crippen LogP contribution in [0.2, 0.25) is 10.0 Å². The van der Waals surface area contributed by atoms with Crippen LogP contribution in [0.3, 0.4) is 0 Å². The first-order valence-electron chi connectivity index (χ1n) is 8.81. The smallest absolute Gasteiger partial charge is 0.271 e. The predicted octanol–water partition coefficient (Wildman–Crippen LogP) is 4.47. The molecule has 1 aromatic carbocycles. The molecule has 6 nitrogen and oxygen atoms in total. The van der Waals surface area contributed by atoms with Gasteiger partial charge in [-0.25, -0.2) is 0 Å². The Balaban J connectivity index is 2.59. The first-order valence-corrected chi connectivity index (χ1v) is 9.56. The number of halogens is 2. The number of benzene rings is 1. The minimum absolute atomic E-state index is 0.103. The van der Waals surface area contributed by atoms with Crippen molar-refractivity contribution in [1.82, 2.24) is 4.57 Å². The Kier molecular flexibility index (Phi) is 7.11. The Morgan fingerprint density at radius 3 is 2.39 bits per heavy atom. The van der Waals surface area contributed by atoms with E-state index in [0.717, 1.165) is 17.4 Å². The second-order valence-corrected chi connectivity index (χ2v) is 6.97. The van der Waals surface area contributed by atoms with Gasteiger partial charge < -0.3 is 9.84 Å². The van der Waals surface area contributed by atoms with Gasteiger partial charge in [0.05, 0.1) is 22.2 Å². The van der Waals surface area contributed by atoms with Crippen LogP contribution in [0.25, 0.3) is 0 Å². The van der Waals surface area contributed by atoms with Crippen LogP contribution >= 0.6 is 23.2 Å². The minimum atomic E-state index is -0.646. The first kappa shape index (κ1) is 21.8. The van der Waals surface area contributed by atoms with Gasteiger partial charge in [-0.1, -0.05) is 36.5 Å². The number of ether oxygens (including phenoxy) is 1. The number of rotatable bonds is 7. The Morgan fingerprint density at radius 1 is 1.29 bits per heavy atom. The molecule has 0 bridgehead atoms. The first-order chi connectivity index (χ1) is 13.3. The van der Waals surface area contributed by atoms with Crippen molar-refractivity contribution >= 4 is 29.0 Å². The van der Waals surface area contributed by atoms with Gasteiger partial charge in [0.15, 0.2) is 11.5 Å². The largest absolute Gasteiger partial charge is 0.494 e. The number of hydrogen-bond acceptors (Lipinski definition) is 5. The lowest BCUT2D eigenvalue weighted by Gasteiger charge is -2.15. The lowest BCUT2D eigenvalue weighted by atomic mass is 9.97. The highest BCUT2D eigenvalue weighted by atomic mass is 35.5. The average molecular weight is 423 g/mol. The standard InChI is InChI=1S/C20H20Cl2N2O4/c1-4-6-7-28-18-14(21)8-12(9-15(18)22)17(25)16-11(3)13(10-23)19(26)24(5-2)20(16)27/h8-9,27H,4-7H2,1-3H3. The van der Waals surface area contributed by atoms with Crippen LogP contribution in [-0.2, 0) is 6.54 Å². The topological polar surface area (TPSA) is 92.3 Å². The molecule has 2 rings (SSSR count). The molecule has 0 aliphatic heterocycles. The number of aromatic nitrogens is 1. The van der Waals surface area contributed by atoms with E-state index in [4.69, 9.17) is 27.9 Å². The Hall–Kier alpha value is -2.49. The zero-order valence-corrected chi connectivity index (χ0v) is 17.3. The summed E-state index contributed by atoms with van der Waals surface area (Å²) in [7, 11) is 0. The maximum Gasteiger partial charge on any atom is 0.271 e. The van der Waals surface area contributed by atoms with Gasteiger partial charge in [0, 0.05) is 12.1 Å². The van der Waals surface area contributed by atoms with E-state index < -0.39 is 17.2 Å². The molecule has 0 amide bonds. The molecule has 0 spiro atoms. The second-order valence-electron chi connectivity index (χ2n) is 6.16. The van der Waals surface area contributed by atoms with Crippen LogP contribution < -0.4 is 10.3 Å². The summed E-state index contributed by atoms with van der Waals surface area (Å²) in [4.78, 5) is 25.3. The number of ketones is 1. The third-order valence-electron chi connectivity index (χ3n) is 4.35. The lowest BCUT2D eigenvalue weighted by Crippen LogP contribution is -2.26. The van der Waals surface area contributed by atoms with Crippen LogP contribution in [0.15, 0.2) is 16.9 Å². The van der Waals surface area contributed by atoms with Gasteiger partial charge in [-0.2, -0.15) is 5.26 Å². The number of carbonyl (C=O) groups is 1. The van der Waals surface area contributed by atoms with Gasteiger partial charge in [-0.05, 0) is 38.0 Å². The number of hydrogen-bond donors (Lipinski definition) is 1. The highest BCUT2D eigenvalue weighted by Crippen LogP contribution is 2.36. The van der Waals surface area contributed by atoms with E-state index in [1.165, 1.54) is 19.1 Å². The molecule has 0 aliphatic rings. The molecule has 0 aliphatic carbocycles. The second kappa shape index (κ2) is 9.13. The van der Waals surface area contributed by atoms with Crippen molar-refractivity contribution in [3.63, 3.8) is 0 Å². The molecule has 1 heterocycles. The molecule has 0 saturated carbocycles. The summed E-state index contributed by atoms with van der Waals surface area (Å²) in [6.07, 6.45) is 1.77. The molecule has 8 heteroatoms. The summed E-state index contributed by atoms with van der Waals surface area (Å²) in [5, 5.41) is 20.1. The van der Waals surface area contributed by atoms with E-state index in [9.17, 15) is 20.0 Å². The third-order valence-corrected chi connectivity index (χ3v) is 4.91. The van der Waals surface area contributed by atoms with Crippen molar-refractivity contribution < 1.29 is 14.6 Å². The molecule has 0 radical (unpaired) electrons. The van der Waals surface area contributed by atoms with Crippen molar-refractivity contribution in [3.8, 4) is 17.7 Å². The van der Waals surface area contributed by atoms with Crippen LogP contribution in [0.1, 0.15) is 53.7 Å². The van der Waals surface area contributed by atoms with Crippen LogP contribution in [0.5, 0.6) is 11.6 Å². The maximum absolute atomic E-state index is 13.1. The van der Waals surface area contributed by atoms with E-state index in [-0.39, 0.29) is 44.6 Å². The Morgan fingerprint density at radius 2 is 1.89 bits per heavy atom. The number of aromatic hydroxyl groups is 1. The Bertz CT molecular complexity index is 999. The van der Waals surface area contributed by atoms with E-state index in [1.807, 2.05) is 6.92 Å². The predicted molar refractivity (Wildman–Crippen MR) is 108 cm³/mol. The van der Waals surface area contributed by atoms with Gasteiger partial charge in [0.25, 0.3) is 5.56 Å². The van der Waals surface area contributed by atoms with Gasteiger partial charge in [-0.15, -0.1) is 0 Å². The molecular formula is C20H20Cl2N2O4. The average Bonchev–Trinajstić information content (AvgIpc) is 2.64. The van der Waals surface area contributed by atoms with Gasteiger partial charge in [0.2, 0.25) is 5.88 Å². The molecule has 2 aromatic rings. The quantitative estimate of drug-likeness (QED) is 0.524. The molecule has 0 saturated heterocycles. The molecular weight excluding hydrogens is 403 g/mol. The van der Waals surface area contributed by atoms with E-state index in [2.05, 4.69) is 0 Å². The number of nitrogens with zero attached hydrogens (tertiary/aromatic N) is 2. The molecule has 28 heavy (non-hydrogen) atoms. The molecule has 1 aromatic heterocycles. The summed E-state index contributed by atoms with van der Waals surface area (Å²) in [6.45, 7) is 5.64. The number of unbranched alkanes of at least 4 members (excludes halogenated alkanes) is 1. The van der Waals surface area contributed by atoms with Gasteiger partial charge >= 0.3 is 0 Å². The number of carbonyl (C=O) groups excluding carboxylic acids is 1. The zero-order valence-electron chi connectivity index (χ0n) is 15.8. The highest BCUT2D eigenvalue weighted by Gasteiger charge is 2.25. The molecule has 148 valence electrons. The fraction of sp³-hybridized carbons (Fsp3) is 0.350. The summed E-state index contributed by atoms with van der Waals surface area (Å²) >= 11 is 12.5. The third kappa shape index (κ3) is 4.01. The number of pyridine rings is 1. The Labute approximate surface area is 172 Å². The fourth-order valence-corrected chi connectivity index (χ4v) is 3.40. The van der Waals surface area contributed by atoms with Crippen LogP contribution in [0.4, 0.5) is 0 Å². The lowest BCUT2D eigenvalue weighted by molar-refractivity contribution is 0.103. The van der Waals surface area contributed by atoms with Crippen molar-refractivity contribution in [2.75, 3.05) is 6.61 Å². The van der Waals surface area contributed by atoms with Crippen LogP contribution in [0, 0.1) is 18.3 Å². The van der Waals surface area contributed by atoms with Crippen molar-refractivity contribution in [3.05, 3.63) is 54.8 Å². The minimum Gasteiger partial charge on any atom is -0.494 e. The number of nitriles is 1. The molecule has 0 fully saturated rings. The highest BCUT2D eigenvalue weighted by molar-refractivity contribution is 6.38. The van der Waals surface area contributed by atoms with Gasteiger partial charge in [0.1, 0.15) is 11.6 Å². The van der Waals surface area contributed by atoms with Crippen molar-refractivity contribution in [2.24, 2.45) is 0 Å².